The van der Waals surface area contributed by atoms with Crippen molar-refractivity contribution in [3.05, 3.63) is 95.8 Å². The highest BCUT2D eigenvalue weighted by Crippen LogP contribution is 2.40. The second kappa shape index (κ2) is 16.1. The number of benzene rings is 4. The fourth-order valence-corrected chi connectivity index (χ4v) is 8.05. The number of carbonyl (C=O) groups is 3. The van der Waals surface area contributed by atoms with Crippen LogP contribution in [-0.4, -0.2) is 62.2 Å². The van der Waals surface area contributed by atoms with Gasteiger partial charge in [-0.15, -0.1) is 0 Å². The number of amides is 2. The Kier molecular flexibility index (Phi) is 11.6. The highest BCUT2D eigenvalue weighted by atomic mass is 32.2. The molecule has 56 heavy (non-hydrogen) atoms. The van der Waals surface area contributed by atoms with Gasteiger partial charge in [0.25, 0.3) is 15.7 Å². The van der Waals surface area contributed by atoms with Crippen LogP contribution in [0, 0.1) is 17.2 Å². The first-order valence-electron chi connectivity index (χ1n) is 17.9. The van der Waals surface area contributed by atoms with E-state index >= 15 is 4.39 Å². The highest BCUT2D eigenvalue weighted by molar-refractivity contribution is 7.92. The Hall–Kier alpha value is -5.22. The Balaban J connectivity index is 1.09. The molecule has 0 radical (unpaired) electrons. The van der Waals surface area contributed by atoms with Crippen LogP contribution in [0.2, 0.25) is 0 Å². The van der Waals surface area contributed by atoms with Gasteiger partial charge in [-0.2, -0.15) is 13.2 Å². The summed E-state index contributed by atoms with van der Waals surface area (Å²) in [5.41, 5.74) is -5.86. The zero-order valence-electron chi connectivity index (χ0n) is 30.4. The van der Waals surface area contributed by atoms with Crippen LogP contribution in [0.1, 0.15) is 61.4 Å². The number of alkyl halides is 3. The van der Waals surface area contributed by atoms with Crippen LogP contribution >= 0.6 is 0 Å². The minimum atomic E-state index is -5.68. The first-order chi connectivity index (χ1) is 26.5. The van der Waals surface area contributed by atoms with Crippen molar-refractivity contribution in [1.82, 2.24) is 5.32 Å². The Morgan fingerprint density at radius 2 is 1.61 bits per heavy atom. The number of hydrogen-bond donors (Lipinski definition) is 3. The molecule has 16 heteroatoms. The summed E-state index contributed by atoms with van der Waals surface area (Å²) in [6, 6.07) is 18.2. The molecule has 0 spiro atoms. The number of aliphatic hydroxyl groups excluding tert-OH is 1. The van der Waals surface area contributed by atoms with E-state index in [1.807, 2.05) is 49.4 Å². The maximum atomic E-state index is 15.3. The molecule has 0 unspecified atom stereocenters. The molecule has 2 amide bonds. The van der Waals surface area contributed by atoms with E-state index in [2.05, 4.69) is 10.6 Å². The number of fused-ring (bicyclic) bond motifs is 1. The summed E-state index contributed by atoms with van der Waals surface area (Å²) >= 11 is 0. The molecule has 0 aromatic heterocycles. The number of anilines is 1. The molecule has 4 aromatic carbocycles. The topological polar surface area (TPSA) is 157 Å². The maximum Gasteiger partial charge on any atom is 0.501 e. The van der Waals surface area contributed by atoms with Gasteiger partial charge in [-0.05, 0) is 86.1 Å². The van der Waals surface area contributed by atoms with Gasteiger partial charge in [0.05, 0.1) is 47.2 Å². The lowest BCUT2D eigenvalue weighted by atomic mass is 9.74. The molecular formula is C40H40F4N2O9S. The third-order valence-electron chi connectivity index (χ3n) is 10.5. The van der Waals surface area contributed by atoms with Crippen molar-refractivity contribution in [2.45, 2.75) is 80.7 Å². The van der Waals surface area contributed by atoms with Crippen molar-refractivity contribution < 1.29 is 59.7 Å². The van der Waals surface area contributed by atoms with Crippen LogP contribution in [0.5, 0.6) is 11.5 Å². The van der Waals surface area contributed by atoms with Crippen LogP contribution in [0.25, 0.3) is 10.8 Å². The maximum absolute atomic E-state index is 15.3. The summed E-state index contributed by atoms with van der Waals surface area (Å²) < 4.78 is 95.3. The molecule has 0 heterocycles. The Bertz CT molecular complexity index is 2240. The number of hydrogen-bond acceptors (Lipinski definition) is 9. The summed E-state index contributed by atoms with van der Waals surface area (Å²) in [6.45, 7) is 1.94. The van der Waals surface area contributed by atoms with Gasteiger partial charge in [-0.1, -0.05) is 48.5 Å². The van der Waals surface area contributed by atoms with Gasteiger partial charge in [0.15, 0.2) is 11.6 Å². The van der Waals surface area contributed by atoms with Gasteiger partial charge >= 0.3 is 11.5 Å². The minimum absolute atomic E-state index is 0.0741. The summed E-state index contributed by atoms with van der Waals surface area (Å²) in [4.78, 5) is 39.1. The summed E-state index contributed by atoms with van der Waals surface area (Å²) in [7, 11) is -4.46. The number of sulfone groups is 1. The van der Waals surface area contributed by atoms with Crippen molar-refractivity contribution in [3.8, 4) is 11.5 Å². The predicted molar refractivity (Wildman–Crippen MR) is 196 cm³/mol. The largest absolute Gasteiger partial charge is 0.501 e. The molecule has 0 bridgehead atoms. The Morgan fingerprint density at radius 3 is 2.32 bits per heavy atom. The van der Waals surface area contributed by atoms with E-state index in [0.29, 0.717) is 31.7 Å². The van der Waals surface area contributed by atoms with Crippen LogP contribution in [-0.2, 0) is 30.8 Å². The fraction of sp³-hybridized carbons (Fsp3) is 0.375. The molecule has 3 N–H and O–H groups in total. The molecule has 2 fully saturated rings. The van der Waals surface area contributed by atoms with E-state index in [9.17, 15) is 41.1 Å². The number of aliphatic hydroxyl groups is 1. The van der Waals surface area contributed by atoms with E-state index in [0.717, 1.165) is 40.6 Å². The highest BCUT2D eigenvalue weighted by Gasteiger charge is 2.47. The van der Waals surface area contributed by atoms with Gasteiger partial charge < -0.3 is 30.0 Å². The number of carbonyl (C=O) groups excluding carboxylic acids is 3. The molecule has 11 nitrogen and oxygen atoms in total. The first-order valence-corrected chi connectivity index (χ1v) is 19.4. The molecule has 2 aliphatic rings. The average Bonchev–Trinajstić information content (AvgIpc) is 3.54. The van der Waals surface area contributed by atoms with Crippen molar-refractivity contribution >= 4 is 44.1 Å². The van der Waals surface area contributed by atoms with Crippen molar-refractivity contribution in [1.29, 1.82) is 0 Å². The quantitative estimate of drug-likeness (QED) is 0.109. The molecule has 2 saturated carbocycles. The Morgan fingerprint density at radius 1 is 0.911 bits per heavy atom. The third kappa shape index (κ3) is 8.45. The molecule has 0 saturated heterocycles. The number of halogens is 4. The fourth-order valence-electron chi connectivity index (χ4n) is 7.24. The second-order valence-corrected chi connectivity index (χ2v) is 16.2. The summed E-state index contributed by atoms with van der Waals surface area (Å²) in [5.74, 6) is -4.26. The SMILES string of the molecule is COc1cc(F)c(O[C@H]2CC[C@@](C)(C(=O)OCc3cccc4ccccc34)CC2)cc1C(=O)N[C@@H]1[C@H](O)CC[C@@H]1C(=O)Nc1cccc(S(=O)(=O)C(F)(F)F)c1. The number of nitrogens with one attached hydrogen (secondary N) is 2. The van der Waals surface area contributed by atoms with E-state index in [-0.39, 0.29) is 48.2 Å². The number of methoxy groups -OCH3 is 1. The third-order valence-corrected chi connectivity index (χ3v) is 12.0. The predicted octanol–water partition coefficient (Wildman–Crippen LogP) is 6.86. The zero-order valence-corrected chi connectivity index (χ0v) is 31.2. The first kappa shape index (κ1) is 40.4. The normalized spacial score (nSPS) is 22.6. The van der Waals surface area contributed by atoms with Gasteiger partial charge in [0.1, 0.15) is 12.4 Å². The lowest BCUT2D eigenvalue weighted by molar-refractivity contribution is -0.159. The van der Waals surface area contributed by atoms with Crippen LogP contribution in [0.4, 0.5) is 23.2 Å². The molecule has 0 aliphatic heterocycles. The molecule has 298 valence electrons. The average molecular weight is 801 g/mol. The van der Waals surface area contributed by atoms with Crippen LogP contribution in [0.15, 0.2) is 83.8 Å². The molecule has 2 aliphatic carbocycles. The molecule has 6 rings (SSSR count). The smallest absolute Gasteiger partial charge is 0.496 e. The molecular weight excluding hydrogens is 761 g/mol. The number of esters is 1. The van der Waals surface area contributed by atoms with E-state index in [1.165, 1.54) is 13.2 Å². The van der Waals surface area contributed by atoms with Gasteiger partial charge in [0.2, 0.25) is 5.91 Å². The standard InChI is InChI=1S/C40H40F4N2O9S/c1-39(38(50)54-22-24-9-5-8-23-7-3-4-12-28(23)24)17-15-26(16-18-39)55-34-20-30(33(53-2)21-31(34)41)37(49)46-35-29(13-14-32(35)47)36(48)45-25-10-6-11-27(19-25)56(51,52)40(42,43)44/h3-12,19-21,26,29,32,35,47H,13-18,22H2,1-2H3,(H,45,48)(H,46,49)/t26-,29-,32+,35-,39+/m0/s1. The zero-order chi connectivity index (χ0) is 40.4. The van der Waals surface area contributed by atoms with Gasteiger partial charge in [0, 0.05) is 11.8 Å². The second-order valence-electron chi connectivity index (χ2n) is 14.3. The Labute approximate surface area is 320 Å². The number of rotatable bonds is 11. The van der Waals surface area contributed by atoms with Crippen LogP contribution in [0.3, 0.4) is 0 Å². The van der Waals surface area contributed by atoms with E-state index in [1.54, 1.807) is 0 Å². The van der Waals surface area contributed by atoms with Gasteiger partial charge in [-0.3, -0.25) is 14.4 Å². The van der Waals surface area contributed by atoms with Crippen molar-refractivity contribution in [2.75, 3.05) is 12.4 Å². The van der Waals surface area contributed by atoms with Crippen molar-refractivity contribution in [2.24, 2.45) is 11.3 Å². The molecule has 4 aromatic rings. The lowest BCUT2D eigenvalue weighted by Crippen LogP contribution is -2.47. The van der Waals surface area contributed by atoms with E-state index < -0.39 is 67.5 Å². The molecule has 3 atom stereocenters. The van der Waals surface area contributed by atoms with E-state index in [4.69, 9.17) is 14.2 Å². The minimum Gasteiger partial charge on any atom is -0.496 e. The monoisotopic (exact) mass is 800 g/mol. The summed E-state index contributed by atoms with van der Waals surface area (Å²) in [5, 5.41) is 17.7. The summed E-state index contributed by atoms with van der Waals surface area (Å²) in [6.07, 6.45) is 0.0470. The van der Waals surface area contributed by atoms with Crippen LogP contribution < -0.4 is 20.1 Å². The lowest BCUT2D eigenvalue weighted by Gasteiger charge is -2.35. The number of ether oxygens (including phenoxy) is 3. The van der Waals surface area contributed by atoms with Gasteiger partial charge in [-0.25, -0.2) is 12.8 Å². The van der Waals surface area contributed by atoms with Crippen molar-refractivity contribution in [3.63, 3.8) is 0 Å².